The summed E-state index contributed by atoms with van der Waals surface area (Å²) in [5.74, 6) is -1.05. The zero-order valence-corrected chi connectivity index (χ0v) is 9.68. The largest absolute Gasteiger partial charge is 0.368 e. The van der Waals surface area contributed by atoms with Gasteiger partial charge in [0.15, 0.2) is 0 Å². The van der Waals surface area contributed by atoms with Crippen molar-refractivity contribution in [2.24, 2.45) is 5.73 Å². The predicted molar refractivity (Wildman–Crippen MR) is 64.0 cm³/mol. The first kappa shape index (κ1) is 12.3. The Bertz CT molecular complexity index is 525. The van der Waals surface area contributed by atoms with Crippen molar-refractivity contribution < 1.29 is 9.59 Å². The van der Waals surface area contributed by atoms with Gasteiger partial charge < -0.3 is 20.9 Å². The zero-order chi connectivity index (χ0) is 13.1. The number of H-pyrrole nitrogens is 1. The van der Waals surface area contributed by atoms with Crippen LogP contribution in [-0.4, -0.2) is 47.4 Å². The maximum atomic E-state index is 12.2. The molecule has 1 aliphatic rings. The van der Waals surface area contributed by atoms with E-state index < -0.39 is 23.4 Å². The van der Waals surface area contributed by atoms with E-state index in [-0.39, 0.29) is 5.56 Å². The van der Waals surface area contributed by atoms with Crippen molar-refractivity contribution in [1.82, 2.24) is 15.2 Å². The van der Waals surface area contributed by atoms with Crippen molar-refractivity contribution in [3.8, 4) is 0 Å². The highest BCUT2D eigenvalue weighted by atomic mass is 16.2. The molecule has 18 heavy (non-hydrogen) atoms. The van der Waals surface area contributed by atoms with Crippen LogP contribution in [0.25, 0.3) is 0 Å². The van der Waals surface area contributed by atoms with Gasteiger partial charge >= 0.3 is 0 Å². The Morgan fingerprint density at radius 2 is 2.22 bits per heavy atom. The molecule has 1 unspecified atom stereocenters. The van der Waals surface area contributed by atoms with Crippen LogP contribution in [0.2, 0.25) is 0 Å². The monoisotopic (exact) mass is 250 g/mol. The number of carbonyl (C=O) groups excluding carboxylic acids is 2. The number of nitrogens with two attached hydrogens (primary N) is 1. The van der Waals surface area contributed by atoms with Gasteiger partial charge in [0.25, 0.3) is 11.5 Å². The number of piperazine rings is 1. The number of nitrogens with one attached hydrogen (secondary N) is 2. The molecule has 7 heteroatoms. The molecule has 2 rings (SSSR count). The van der Waals surface area contributed by atoms with Gasteiger partial charge in [-0.3, -0.25) is 14.4 Å². The van der Waals surface area contributed by atoms with E-state index >= 15 is 0 Å². The Balaban J connectivity index is 2.29. The molecule has 2 heterocycles. The van der Waals surface area contributed by atoms with Gasteiger partial charge in [-0.1, -0.05) is 0 Å². The Kier molecular flexibility index (Phi) is 3.42. The highest BCUT2D eigenvalue weighted by molar-refractivity contribution is 5.97. The van der Waals surface area contributed by atoms with Gasteiger partial charge in [-0.2, -0.15) is 0 Å². The maximum absolute atomic E-state index is 12.2. The van der Waals surface area contributed by atoms with Crippen molar-refractivity contribution in [1.29, 1.82) is 0 Å². The Labute approximate surface area is 103 Å². The summed E-state index contributed by atoms with van der Waals surface area (Å²) in [5, 5.41) is 2.99. The van der Waals surface area contributed by atoms with Crippen LogP contribution in [0.15, 0.2) is 23.1 Å². The molecule has 1 fully saturated rings. The lowest BCUT2D eigenvalue weighted by atomic mass is 10.1. The molecule has 4 N–H and O–H groups in total. The summed E-state index contributed by atoms with van der Waals surface area (Å²) in [6.07, 6.45) is 1.45. The summed E-state index contributed by atoms with van der Waals surface area (Å²) < 4.78 is 0. The number of hydrogen-bond donors (Lipinski definition) is 3. The van der Waals surface area contributed by atoms with E-state index in [2.05, 4.69) is 10.3 Å². The molecule has 96 valence electrons. The van der Waals surface area contributed by atoms with Crippen LogP contribution in [0.5, 0.6) is 0 Å². The van der Waals surface area contributed by atoms with Crippen molar-refractivity contribution in [2.45, 2.75) is 6.04 Å². The van der Waals surface area contributed by atoms with E-state index in [4.69, 9.17) is 5.73 Å². The molecule has 0 radical (unpaired) electrons. The molecule has 2 amide bonds. The standard InChI is InChI=1S/C11H14N4O3/c12-9(16)8-6-13-4-5-15(8)11(18)7-2-1-3-14-10(7)17/h1-3,8,13H,4-6H2,(H2,12,16)(H,14,17). The van der Waals surface area contributed by atoms with E-state index in [0.717, 1.165) is 0 Å². The topological polar surface area (TPSA) is 108 Å². The van der Waals surface area contributed by atoms with E-state index in [1.165, 1.54) is 17.2 Å². The lowest BCUT2D eigenvalue weighted by Gasteiger charge is -2.33. The van der Waals surface area contributed by atoms with E-state index in [0.29, 0.717) is 19.6 Å². The fourth-order valence-electron chi connectivity index (χ4n) is 1.95. The van der Waals surface area contributed by atoms with Crippen LogP contribution < -0.4 is 16.6 Å². The quantitative estimate of drug-likeness (QED) is 0.579. The Morgan fingerprint density at radius 1 is 1.44 bits per heavy atom. The molecule has 0 aliphatic carbocycles. The number of aromatic nitrogens is 1. The minimum Gasteiger partial charge on any atom is -0.368 e. The van der Waals surface area contributed by atoms with E-state index in [1.54, 1.807) is 6.07 Å². The van der Waals surface area contributed by atoms with Gasteiger partial charge in [-0.05, 0) is 12.1 Å². The number of carbonyl (C=O) groups is 2. The molecule has 0 spiro atoms. The summed E-state index contributed by atoms with van der Waals surface area (Å²) in [6, 6.07) is 2.28. The third kappa shape index (κ3) is 2.25. The summed E-state index contributed by atoms with van der Waals surface area (Å²) in [6.45, 7) is 1.23. The molecule has 0 saturated carbocycles. The number of amides is 2. The van der Waals surface area contributed by atoms with Crippen molar-refractivity contribution in [2.75, 3.05) is 19.6 Å². The SMILES string of the molecule is NC(=O)C1CNCCN1C(=O)c1ccc[nH]c1=O. The number of nitrogens with zero attached hydrogens (tertiary/aromatic N) is 1. The summed E-state index contributed by atoms with van der Waals surface area (Å²) in [7, 11) is 0. The Hall–Kier alpha value is -2.15. The third-order valence-corrected chi connectivity index (χ3v) is 2.88. The predicted octanol–water partition coefficient (Wildman–Crippen LogP) is -1.73. The fraction of sp³-hybridized carbons (Fsp3) is 0.364. The van der Waals surface area contributed by atoms with Gasteiger partial charge in [0.05, 0.1) is 0 Å². The second kappa shape index (κ2) is 5.01. The molecule has 0 aromatic carbocycles. The average Bonchev–Trinajstić information content (AvgIpc) is 2.38. The van der Waals surface area contributed by atoms with Gasteiger partial charge in [0.2, 0.25) is 5.91 Å². The lowest BCUT2D eigenvalue weighted by Crippen LogP contribution is -2.59. The van der Waals surface area contributed by atoms with Crippen molar-refractivity contribution in [3.63, 3.8) is 0 Å². The maximum Gasteiger partial charge on any atom is 0.260 e. The zero-order valence-electron chi connectivity index (χ0n) is 9.68. The first-order chi connectivity index (χ1) is 8.61. The highest BCUT2D eigenvalue weighted by Crippen LogP contribution is 2.07. The smallest absolute Gasteiger partial charge is 0.260 e. The third-order valence-electron chi connectivity index (χ3n) is 2.88. The Morgan fingerprint density at radius 3 is 2.89 bits per heavy atom. The highest BCUT2D eigenvalue weighted by Gasteiger charge is 2.31. The second-order valence-corrected chi connectivity index (χ2v) is 4.03. The molecular weight excluding hydrogens is 236 g/mol. The van der Waals surface area contributed by atoms with Crippen molar-refractivity contribution >= 4 is 11.8 Å². The second-order valence-electron chi connectivity index (χ2n) is 4.03. The molecule has 1 aliphatic heterocycles. The van der Waals surface area contributed by atoms with Crippen molar-refractivity contribution in [3.05, 3.63) is 34.2 Å². The van der Waals surface area contributed by atoms with Crippen LogP contribution in [0, 0.1) is 0 Å². The van der Waals surface area contributed by atoms with Gasteiger partial charge in [0, 0.05) is 25.8 Å². The molecular formula is C11H14N4O3. The van der Waals surface area contributed by atoms with Crippen LogP contribution in [0.3, 0.4) is 0 Å². The van der Waals surface area contributed by atoms with Gasteiger partial charge in [-0.15, -0.1) is 0 Å². The fourth-order valence-corrected chi connectivity index (χ4v) is 1.95. The molecule has 1 aromatic heterocycles. The summed E-state index contributed by atoms with van der Waals surface area (Å²) in [4.78, 5) is 38.8. The van der Waals surface area contributed by atoms with Gasteiger partial charge in [0.1, 0.15) is 11.6 Å². The molecule has 1 aromatic rings. The molecule has 1 atom stereocenters. The normalized spacial score (nSPS) is 19.6. The van der Waals surface area contributed by atoms with Crippen LogP contribution in [0.1, 0.15) is 10.4 Å². The number of hydrogen-bond acceptors (Lipinski definition) is 4. The molecule has 1 saturated heterocycles. The number of aromatic amines is 1. The lowest BCUT2D eigenvalue weighted by molar-refractivity contribution is -0.122. The van der Waals surface area contributed by atoms with E-state index in [9.17, 15) is 14.4 Å². The minimum atomic E-state index is -0.717. The number of pyridine rings is 1. The summed E-state index contributed by atoms with van der Waals surface area (Å²) in [5.41, 5.74) is 4.80. The van der Waals surface area contributed by atoms with Crippen LogP contribution in [-0.2, 0) is 4.79 Å². The van der Waals surface area contributed by atoms with Gasteiger partial charge in [-0.25, -0.2) is 0 Å². The number of rotatable bonds is 2. The minimum absolute atomic E-state index is 0.0191. The van der Waals surface area contributed by atoms with Crippen LogP contribution in [0.4, 0.5) is 0 Å². The molecule has 0 bridgehead atoms. The van der Waals surface area contributed by atoms with E-state index in [1.807, 2.05) is 0 Å². The van der Waals surface area contributed by atoms with Crippen LogP contribution >= 0.6 is 0 Å². The first-order valence-electron chi connectivity index (χ1n) is 5.60. The number of primary amides is 1. The summed E-state index contributed by atoms with van der Waals surface area (Å²) >= 11 is 0. The molecule has 7 nitrogen and oxygen atoms in total. The first-order valence-corrected chi connectivity index (χ1v) is 5.60. The average molecular weight is 250 g/mol.